The number of rotatable bonds is 2. The fraction of sp³-hybridized carbons (Fsp3) is 0.0488. The molecule has 0 fully saturated rings. The fourth-order valence-corrected chi connectivity index (χ4v) is 7.95. The summed E-state index contributed by atoms with van der Waals surface area (Å²) in [4.78, 5) is 0. The van der Waals surface area contributed by atoms with Crippen molar-refractivity contribution < 1.29 is 0 Å². The summed E-state index contributed by atoms with van der Waals surface area (Å²) in [6, 6.07) is 48.5. The Morgan fingerprint density at radius 2 is 1.13 bits per heavy atom. The van der Waals surface area contributed by atoms with Crippen LogP contribution in [0.3, 0.4) is 0 Å². The first kappa shape index (κ1) is 25.1. The first-order valence-electron chi connectivity index (χ1n) is 14.9. The minimum absolute atomic E-state index is 0.151. The van der Waals surface area contributed by atoms with Crippen LogP contribution >= 0.6 is 0 Å². The van der Waals surface area contributed by atoms with Gasteiger partial charge in [0.2, 0.25) is 0 Å². The average Bonchev–Trinajstić information content (AvgIpc) is 3.44. The lowest BCUT2D eigenvalue weighted by Crippen LogP contribution is -2.29. The molecule has 0 amide bonds. The van der Waals surface area contributed by atoms with E-state index in [4.69, 9.17) is 0 Å². The molecular formula is C41H22N4. The third-order valence-electron chi connectivity index (χ3n) is 9.69. The predicted octanol–water partition coefficient (Wildman–Crippen LogP) is 9.05. The van der Waals surface area contributed by atoms with Crippen LogP contribution in [0.15, 0.2) is 121 Å². The molecule has 1 heterocycles. The van der Waals surface area contributed by atoms with Crippen molar-refractivity contribution in [1.29, 1.82) is 15.8 Å². The van der Waals surface area contributed by atoms with Crippen molar-refractivity contribution in [2.45, 2.75) is 11.8 Å². The normalized spacial score (nSPS) is 15.5. The van der Waals surface area contributed by atoms with Crippen molar-refractivity contribution in [3.05, 3.63) is 171 Å². The van der Waals surface area contributed by atoms with E-state index in [1.165, 1.54) is 10.8 Å². The van der Waals surface area contributed by atoms with Crippen LogP contribution < -0.4 is 0 Å². The van der Waals surface area contributed by atoms with Gasteiger partial charge in [0.1, 0.15) is 0 Å². The van der Waals surface area contributed by atoms with E-state index in [0.717, 1.165) is 61.2 Å². The molecule has 45 heavy (non-hydrogen) atoms. The number of nitriles is 3. The van der Waals surface area contributed by atoms with Crippen molar-refractivity contribution in [2.75, 3.05) is 0 Å². The molecule has 3 aliphatic rings. The minimum atomic E-state index is -0.197. The van der Waals surface area contributed by atoms with Crippen LogP contribution in [0, 0.1) is 34.0 Å². The maximum absolute atomic E-state index is 10.4. The Labute approximate surface area is 259 Å². The first-order chi connectivity index (χ1) is 22.2. The summed E-state index contributed by atoms with van der Waals surface area (Å²) in [7, 11) is 0. The summed E-state index contributed by atoms with van der Waals surface area (Å²) in [5.41, 5.74) is 13.6. The Balaban J connectivity index is 1.28. The van der Waals surface area contributed by atoms with Crippen molar-refractivity contribution in [1.82, 2.24) is 4.57 Å². The van der Waals surface area contributed by atoms with E-state index < -0.39 is 0 Å². The van der Waals surface area contributed by atoms with Gasteiger partial charge in [-0.2, -0.15) is 15.8 Å². The SMILES string of the molecule is N#Cc1ccc2c(c1)C1c3cccc(C#N)c3C2c2ccc(C#N)c(-c3ccc(-n4c5ccccc5c5ccccc54)cc3)c21. The van der Waals surface area contributed by atoms with Crippen molar-refractivity contribution >= 4 is 21.8 Å². The van der Waals surface area contributed by atoms with Gasteiger partial charge in [0.25, 0.3) is 0 Å². The monoisotopic (exact) mass is 570 g/mol. The van der Waals surface area contributed by atoms with Crippen molar-refractivity contribution in [2.24, 2.45) is 0 Å². The van der Waals surface area contributed by atoms with E-state index in [-0.39, 0.29) is 11.8 Å². The van der Waals surface area contributed by atoms with Gasteiger partial charge in [0.05, 0.1) is 45.9 Å². The summed E-state index contributed by atoms with van der Waals surface area (Å²) >= 11 is 0. The molecule has 2 atom stereocenters. The number of hydrogen-bond acceptors (Lipinski definition) is 3. The quantitative estimate of drug-likeness (QED) is 0.208. The third-order valence-corrected chi connectivity index (χ3v) is 9.69. The van der Waals surface area contributed by atoms with Crippen LogP contribution in [0.5, 0.6) is 0 Å². The zero-order valence-corrected chi connectivity index (χ0v) is 24.0. The topological polar surface area (TPSA) is 76.3 Å². The Morgan fingerprint density at radius 1 is 0.489 bits per heavy atom. The Morgan fingerprint density at radius 3 is 1.82 bits per heavy atom. The molecular weight excluding hydrogens is 548 g/mol. The summed E-state index contributed by atoms with van der Waals surface area (Å²) in [6.45, 7) is 0. The van der Waals surface area contributed by atoms with Crippen molar-refractivity contribution in [3.63, 3.8) is 0 Å². The van der Waals surface area contributed by atoms with E-state index in [2.05, 4.69) is 108 Å². The molecule has 4 nitrogen and oxygen atoms in total. The fourth-order valence-electron chi connectivity index (χ4n) is 7.95. The molecule has 2 unspecified atom stereocenters. The molecule has 7 aromatic rings. The maximum atomic E-state index is 10.4. The van der Waals surface area contributed by atoms with E-state index in [1.54, 1.807) is 0 Å². The highest BCUT2D eigenvalue weighted by atomic mass is 15.0. The van der Waals surface area contributed by atoms with Gasteiger partial charge >= 0.3 is 0 Å². The predicted molar refractivity (Wildman–Crippen MR) is 175 cm³/mol. The lowest BCUT2D eigenvalue weighted by atomic mass is 9.58. The smallest absolute Gasteiger partial charge is 0.0998 e. The van der Waals surface area contributed by atoms with Gasteiger partial charge in [-0.1, -0.05) is 72.8 Å². The zero-order chi connectivity index (χ0) is 30.2. The van der Waals surface area contributed by atoms with E-state index >= 15 is 0 Å². The minimum Gasteiger partial charge on any atom is -0.309 e. The van der Waals surface area contributed by atoms with Gasteiger partial charge in [0, 0.05) is 33.9 Å². The second-order valence-electron chi connectivity index (χ2n) is 11.8. The van der Waals surface area contributed by atoms with Crippen LogP contribution in [0.1, 0.15) is 61.9 Å². The van der Waals surface area contributed by atoms with E-state index in [9.17, 15) is 15.8 Å². The second kappa shape index (κ2) is 9.29. The Bertz CT molecular complexity index is 2470. The molecule has 206 valence electrons. The molecule has 0 saturated carbocycles. The summed E-state index contributed by atoms with van der Waals surface area (Å²) in [5.74, 6) is -0.348. The number of fused-ring (bicyclic) bond motifs is 3. The summed E-state index contributed by atoms with van der Waals surface area (Å²) < 4.78 is 2.29. The first-order valence-corrected chi connectivity index (χ1v) is 14.9. The lowest BCUT2D eigenvalue weighted by molar-refractivity contribution is 0.752. The largest absolute Gasteiger partial charge is 0.309 e. The Hall–Kier alpha value is -6.41. The van der Waals surface area contributed by atoms with Gasteiger partial charge < -0.3 is 4.57 Å². The van der Waals surface area contributed by atoms with Crippen LogP contribution in [-0.4, -0.2) is 4.57 Å². The Kier molecular flexibility index (Phi) is 5.19. The molecule has 2 bridgehead atoms. The number of hydrogen-bond donors (Lipinski definition) is 0. The van der Waals surface area contributed by atoms with Crippen molar-refractivity contribution in [3.8, 4) is 35.0 Å². The molecule has 0 saturated heterocycles. The molecule has 4 heteroatoms. The van der Waals surface area contributed by atoms with Crippen LogP contribution in [0.4, 0.5) is 0 Å². The van der Waals surface area contributed by atoms with Crippen LogP contribution in [0.25, 0.3) is 38.6 Å². The van der Waals surface area contributed by atoms with E-state index in [0.29, 0.717) is 16.7 Å². The van der Waals surface area contributed by atoms with Crippen LogP contribution in [0.2, 0.25) is 0 Å². The molecule has 3 aliphatic carbocycles. The van der Waals surface area contributed by atoms with Gasteiger partial charge in [-0.05, 0) is 87.5 Å². The molecule has 10 rings (SSSR count). The number of benzene rings is 6. The molecule has 0 aliphatic heterocycles. The van der Waals surface area contributed by atoms with Gasteiger partial charge in [-0.15, -0.1) is 0 Å². The molecule has 0 spiro atoms. The third kappa shape index (κ3) is 3.33. The molecule has 0 radical (unpaired) electrons. The van der Waals surface area contributed by atoms with Gasteiger partial charge in [0.15, 0.2) is 0 Å². The van der Waals surface area contributed by atoms with Crippen LogP contribution in [-0.2, 0) is 0 Å². The maximum Gasteiger partial charge on any atom is 0.0998 e. The van der Waals surface area contributed by atoms with E-state index in [1.807, 2.05) is 36.4 Å². The highest BCUT2D eigenvalue weighted by Crippen LogP contribution is 2.59. The second-order valence-corrected chi connectivity index (χ2v) is 11.8. The lowest BCUT2D eigenvalue weighted by Gasteiger charge is -2.43. The van der Waals surface area contributed by atoms with Gasteiger partial charge in [-0.3, -0.25) is 0 Å². The molecule has 1 aromatic heterocycles. The highest BCUT2D eigenvalue weighted by Gasteiger charge is 2.44. The number of aromatic nitrogens is 1. The number of nitrogens with zero attached hydrogens (tertiary/aromatic N) is 4. The summed E-state index contributed by atoms with van der Waals surface area (Å²) in [5, 5.41) is 32.7. The average molecular weight is 571 g/mol. The molecule has 0 N–H and O–H groups in total. The standard InChI is InChI=1S/C41H22N4/c42-21-24-12-18-31-34(20-24)40-32-9-5-6-26(22-43)38(32)39(31)33-19-15-27(23-44)37(41(33)40)25-13-16-28(17-14-25)45-35-10-3-1-7-29(35)30-8-2-4-11-36(30)45/h1-20,39-40H. The molecule has 6 aromatic carbocycles. The zero-order valence-electron chi connectivity index (χ0n) is 24.0. The number of para-hydroxylation sites is 2. The van der Waals surface area contributed by atoms with Gasteiger partial charge in [-0.25, -0.2) is 0 Å². The summed E-state index contributed by atoms with van der Waals surface area (Å²) in [6.07, 6.45) is 0. The highest BCUT2D eigenvalue weighted by molar-refractivity contribution is 6.09.